The molecule has 1 saturated carbocycles. The fourth-order valence-corrected chi connectivity index (χ4v) is 2.17. The average molecular weight is 212 g/mol. The van der Waals surface area contributed by atoms with Gasteiger partial charge in [-0.15, -0.1) is 0 Å². The van der Waals surface area contributed by atoms with Gasteiger partial charge in [0, 0.05) is 20.1 Å². The van der Waals surface area contributed by atoms with Crippen molar-refractivity contribution in [3.63, 3.8) is 0 Å². The van der Waals surface area contributed by atoms with Gasteiger partial charge in [-0.05, 0) is 18.8 Å². The van der Waals surface area contributed by atoms with Gasteiger partial charge in [0.2, 0.25) is 5.91 Å². The number of hydrogen-bond donors (Lipinski definition) is 1. The Hall–Kier alpha value is -0.570. The number of nitrogens with one attached hydrogen (secondary N) is 1. The lowest BCUT2D eigenvalue weighted by Gasteiger charge is -2.23. The Bertz CT molecular complexity index is 204. The Morgan fingerprint density at radius 3 is 2.60 bits per heavy atom. The highest BCUT2D eigenvalue weighted by Crippen LogP contribution is 2.22. The third-order valence-electron chi connectivity index (χ3n) is 3.38. The molecule has 1 aliphatic rings. The number of rotatable bonds is 3. The van der Waals surface area contributed by atoms with Gasteiger partial charge in [-0.3, -0.25) is 4.79 Å². The molecule has 3 heteroatoms. The molecule has 0 radical (unpaired) electrons. The lowest BCUT2D eigenvalue weighted by atomic mass is 9.97. The highest BCUT2D eigenvalue weighted by Gasteiger charge is 2.20. The van der Waals surface area contributed by atoms with Gasteiger partial charge in [-0.1, -0.05) is 26.2 Å². The Morgan fingerprint density at radius 1 is 1.27 bits per heavy atom. The van der Waals surface area contributed by atoms with Crippen molar-refractivity contribution >= 4 is 5.91 Å². The highest BCUT2D eigenvalue weighted by atomic mass is 16.2. The van der Waals surface area contributed by atoms with Gasteiger partial charge >= 0.3 is 0 Å². The molecular weight excluding hydrogens is 188 g/mol. The van der Waals surface area contributed by atoms with Gasteiger partial charge in [0.25, 0.3) is 0 Å². The predicted octanol–water partition coefficient (Wildman–Crippen LogP) is 1.63. The molecular formula is C12H24N2O. The smallest absolute Gasteiger partial charge is 0.236 e. The summed E-state index contributed by atoms with van der Waals surface area (Å²) in [5, 5.41) is 3.40. The number of hydrogen-bond acceptors (Lipinski definition) is 2. The average Bonchev–Trinajstić information content (AvgIpc) is 2.39. The van der Waals surface area contributed by atoms with Gasteiger partial charge in [-0.25, -0.2) is 0 Å². The van der Waals surface area contributed by atoms with Crippen LogP contribution >= 0.6 is 0 Å². The first-order valence-electron chi connectivity index (χ1n) is 6.05. The minimum atomic E-state index is 0.173. The number of carbonyl (C=O) groups is 1. The quantitative estimate of drug-likeness (QED) is 0.721. The van der Waals surface area contributed by atoms with Crippen LogP contribution in [-0.4, -0.2) is 37.5 Å². The van der Waals surface area contributed by atoms with Crippen LogP contribution in [0.5, 0.6) is 0 Å². The Kier molecular flexibility index (Phi) is 5.09. The molecule has 0 aliphatic heterocycles. The monoisotopic (exact) mass is 212 g/mol. The molecule has 1 aliphatic carbocycles. The van der Waals surface area contributed by atoms with Gasteiger partial charge in [0.1, 0.15) is 0 Å². The first-order valence-corrected chi connectivity index (χ1v) is 6.05. The molecule has 1 N–H and O–H groups in total. The van der Waals surface area contributed by atoms with Gasteiger partial charge in [0.05, 0.1) is 6.54 Å². The van der Waals surface area contributed by atoms with Crippen LogP contribution in [0.2, 0.25) is 0 Å². The Labute approximate surface area is 93.2 Å². The van der Waals surface area contributed by atoms with Crippen molar-refractivity contribution in [2.75, 3.05) is 20.6 Å². The molecule has 2 atom stereocenters. The molecule has 1 rings (SSSR count). The van der Waals surface area contributed by atoms with E-state index in [4.69, 9.17) is 0 Å². The summed E-state index contributed by atoms with van der Waals surface area (Å²) in [7, 11) is 3.61. The molecule has 1 fully saturated rings. The largest absolute Gasteiger partial charge is 0.348 e. The summed E-state index contributed by atoms with van der Waals surface area (Å²) < 4.78 is 0. The maximum Gasteiger partial charge on any atom is 0.236 e. The second-order valence-electron chi connectivity index (χ2n) is 4.89. The molecule has 3 nitrogen and oxygen atoms in total. The number of nitrogens with zero attached hydrogens (tertiary/aromatic N) is 1. The molecule has 0 heterocycles. The number of amides is 1. The molecule has 0 bridgehead atoms. The predicted molar refractivity (Wildman–Crippen MR) is 62.7 cm³/mol. The van der Waals surface area contributed by atoms with Crippen molar-refractivity contribution in [2.45, 2.75) is 45.1 Å². The van der Waals surface area contributed by atoms with Crippen LogP contribution in [0.15, 0.2) is 0 Å². The Balaban J connectivity index is 2.32. The van der Waals surface area contributed by atoms with Gasteiger partial charge < -0.3 is 10.2 Å². The third-order valence-corrected chi connectivity index (χ3v) is 3.38. The van der Waals surface area contributed by atoms with Crippen LogP contribution in [0, 0.1) is 5.92 Å². The molecule has 0 aromatic heterocycles. The lowest BCUT2D eigenvalue weighted by molar-refractivity contribution is -0.127. The van der Waals surface area contributed by atoms with Gasteiger partial charge in [0.15, 0.2) is 0 Å². The van der Waals surface area contributed by atoms with Crippen LogP contribution in [0.1, 0.15) is 39.0 Å². The molecule has 0 spiro atoms. The first kappa shape index (κ1) is 12.5. The molecule has 15 heavy (non-hydrogen) atoms. The van der Waals surface area contributed by atoms with E-state index in [0.29, 0.717) is 18.5 Å². The lowest BCUT2D eigenvalue weighted by Crippen LogP contribution is -2.41. The normalized spacial score (nSPS) is 27.1. The molecule has 0 aromatic carbocycles. The van der Waals surface area contributed by atoms with E-state index in [1.165, 1.54) is 32.1 Å². The topological polar surface area (TPSA) is 32.3 Å². The van der Waals surface area contributed by atoms with E-state index >= 15 is 0 Å². The van der Waals surface area contributed by atoms with Crippen LogP contribution in [-0.2, 0) is 4.79 Å². The van der Waals surface area contributed by atoms with E-state index in [2.05, 4.69) is 12.2 Å². The molecule has 1 amide bonds. The minimum Gasteiger partial charge on any atom is -0.348 e. The second kappa shape index (κ2) is 6.11. The number of carbonyl (C=O) groups excluding carboxylic acids is 1. The molecule has 0 aromatic rings. The van der Waals surface area contributed by atoms with E-state index in [1.807, 2.05) is 0 Å². The zero-order valence-electron chi connectivity index (χ0n) is 10.3. The standard InChI is InChI=1S/C12H24N2O/c1-10-7-5-4-6-8-11(10)13-9-12(15)14(2)3/h10-11,13H,4-9H2,1-3H3. The molecule has 2 unspecified atom stereocenters. The summed E-state index contributed by atoms with van der Waals surface area (Å²) in [4.78, 5) is 13.1. The summed E-state index contributed by atoms with van der Waals surface area (Å²) in [5.41, 5.74) is 0. The zero-order valence-corrected chi connectivity index (χ0v) is 10.3. The van der Waals surface area contributed by atoms with Crippen LogP contribution < -0.4 is 5.32 Å². The van der Waals surface area contributed by atoms with Crippen LogP contribution in [0.4, 0.5) is 0 Å². The molecule has 88 valence electrons. The first-order chi connectivity index (χ1) is 7.11. The van der Waals surface area contributed by atoms with E-state index in [-0.39, 0.29) is 5.91 Å². The highest BCUT2D eigenvalue weighted by molar-refractivity contribution is 5.77. The zero-order chi connectivity index (χ0) is 11.3. The summed E-state index contributed by atoms with van der Waals surface area (Å²) in [5.74, 6) is 0.883. The summed E-state index contributed by atoms with van der Waals surface area (Å²) in [6.45, 7) is 2.78. The maximum atomic E-state index is 11.4. The van der Waals surface area contributed by atoms with Gasteiger partial charge in [-0.2, -0.15) is 0 Å². The van der Waals surface area contributed by atoms with E-state index in [9.17, 15) is 4.79 Å². The van der Waals surface area contributed by atoms with Crippen molar-refractivity contribution in [3.05, 3.63) is 0 Å². The second-order valence-corrected chi connectivity index (χ2v) is 4.89. The summed E-state index contributed by atoms with van der Waals surface area (Å²) in [6.07, 6.45) is 6.53. The maximum absolute atomic E-state index is 11.4. The van der Waals surface area contributed by atoms with Crippen molar-refractivity contribution in [3.8, 4) is 0 Å². The van der Waals surface area contributed by atoms with Crippen molar-refractivity contribution in [1.82, 2.24) is 10.2 Å². The third kappa shape index (κ3) is 4.20. The van der Waals surface area contributed by atoms with E-state index in [0.717, 1.165) is 0 Å². The SMILES string of the molecule is CC1CCCCCC1NCC(=O)N(C)C. The number of likely N-dealkylation sites (N-methyl/N-ethyl adjacent to an activating group) is 1. The summed E-state index contributed by atoms with van der Waals surface area (Å²) >= 11 is 0. The van der Waals surface area contributed by atoms with Crippen LogP contribution in [0.25, 0.3) is 0 Å². The van der Waals surface area contributed by atoms with Crippen molar-refractivity contribution < 1.29 is 4.79 Å². The molecule has 0 saturated heterocycles. The fourth-order valence-electron chi connectivity index (χ4n) is 2.17. The Morgan fingerprint density at radius 2 is 1.93 bits per heavy atom. The fraction of sp³-hybridized carbons (Fsp3) is 0.917. The van der Waals surface area contributed by atoms with Crippen molar-refractivity contribution in [2.24, 2.45) is 5.92 Å². The van der Waals surface area contributed by atoms with E-state index < -0.39 is 0 Å². The van der Waals surface area contributed by atoms with E-state index in [1.54, 1.807) is 19.0 Å². The summed E-state index contributed by atoms with van der Waals surface area (Å²) in [6, 6.07) is 0.538. The van der Waals surface area contributed by atoms with Crippen LogP contribution in [0.3, 0.4) is 0 Å². The minimum absolute atomic E-state index is 0.173. The van der Waals surface area contributed by atoms with Crippen molar-refractivity contribution in [1.29, 1.82) is 0 Å².